The number of fused-ring (bicyclic) bond motifs is 1. The van der Waals surface area contributed by atoms with Crippen molar-refractivity contribution in [1.82, 2.24) is 10.3 Å². The molecule has 1 saturated heterocycles. The number of nitrogens with one attached hydrogen (secondary N) is 1. The topological polar surface area (TPSA) is 38.1 Å². The van der Waals surface area contributed by atoms with Gasteiger partial charge in [0, 0.05) is 5.56 Å². The predicted octanol–water partition coefficient (Wildman–Crippen LogP) is 3.06. The number of nitrogens with zero attached hydrogens (tertiary/aromatic N) is 1. The molecule has 1 aliphatic rings. The number of hydrogen-bond donors (Lipinski definition) is 1. The van der Waals surface area contributed by atoms with Gasteiger partial charge in [-0.05, 0) is 31.5 Å². The largest absolute Gasteiger partial charge is 0.443 e. The van der Waals surface area contributed by atoms with Crippen molar-refractivity contribution in [1.29, 1.82) is 0 Å². The van der Waals surface area contributed by atoms with E-state index in [0.29, 0.717) is 24.1 Å². The van der Waals surface area contributed by atoms with E-state index in [0.717, 1.165) is 12.8 Å². The van der Waals surface area contributed by atoms with Crippen molar-refractivity contribution in [2.75, 3.05) is 6.54 Å². The summed E-state index contributed by atoms with van der Waals surface area (Å²) in [5.41, 5.74) is 1.00. The Morgan fingerprint density at radius 2 is 2.22 bits per heavy atom. The van der Waals surface area contributed by atoms with Gasteiger partial charge in [-0.25, -0.2) is 4.98 Å². The highest BCUT2D eigenvalue weighted by Gasteiger charge is 2.41. The van der Waals surface area contributed by atoms with E-state index in [4.69, 9.17) is 4.42 Å². The standard InChI is InChI=1S/C13H14F2N2O/c14-13(15,12-3-1-2-6-16-12)9-4-5-10-11(7-9)18-8-17-10/h4-5,7-8,12,16H,1-3,6H2. The van der Waals surface area contributed by atoms with E-state index >= 15 is 0 Å². The lowest BCUT2D eigenvalue weighted by Gasteiger charge is -2.31. The lowest BCUT2D eigenvalue weighted by Crippen LogP contribution is -2.45. The van der Waals surface area contributed by atoms with Gasteiger partial charge in [0.15, 0.2) is 12.0 Å². The first kappa shape index (κ1) is 11.6. The second-order valence-corrected chi connectivity index (χ2v) is 4.66. The van der Waals surface area contributed by atoms with Crippen LogP contribution in [0.5, 0.6) is 0 Å². The fraction of sp³-hybridized carbons (Fsp3) is 0.462. The van der Waals surface area contributed by atoms with Crippen molar-refractivity contribution in [3.8, 4) is 0 Å². The first-order valence-electron chi connectivity index (χ1n) is 6.13. The summed E-state index contributed by atoms with van der Waals surface area (Å²) in [6.45, 7) is 0.658. The highest BCUT2D eigenvalue weighted by Crippen LogP contribution is 2.36. The van der Waals surface area contributed by atoms with Crippen LogP contribution in [0, 0.1) is 0 Å². The van der Waals surface area contributed by atoms with Gasteiger partial charge < -0.3 is 9.73 Å². The highest BCUT2D eigenvalue weighted by atomic mass is 19.3. The molecule has 18 heavy (non-hydrogen) atoms. The van der Waals surface area contributed by atoms with Crippen LogP contribution in [0.2, 0.25) is 0 Å². The SMILES string of the molecule is FC(F)(c1ccc2ncoc2c1)C1CCCCN1. The van der Waals surface area contributed by atoms with E-state index in [9.17, 15) is 8.78 Å². The van der Waals surface area contributed by atoms with Gasteiger partial charge in [0.1, 0.15) is 5.52 Å². The maximum Gasteiger partial charge on any atom is 0.288 e. The number of rotatable bonds is 2. The molecule has 96 valence electrons. The molecule has 1 atom stereocenters. The van der Waals surface area contributed by atoms with Crippen molar-refractivity contribution in [2.45, 2.75) is 31.2 Å². The zero-order chi connectivity index (χ0) is 12.6. The monoisotopic (exact) mass is 252 g/mol. The molecule has 1 fully saturated rings. The first-order chi connectivity index (χ1) is 8.68. The average molecular weight is 252 g/mol. The van der Waals surface area contributed by atoms with Crippen LogP contribution in [-0.4, -0.2) is 17.6 Å². The summed E-state index contributed by atoms with van der Waals surface area (Å²) in [6, 6.07) is 3.61. The number of hydrogen-bond acceptors (Lipinski definition) is 3. The summed E-state index contributed by atoms with van der Waals surface area (Å²) < 4.78 is 33.8. The molecule has 2 aromatic rings. The Morgan fingerprint density at radius 1 is 1.33 bits per heavy atom. The van der Waals surface area contributed by atoms with Crippen LogP contribution in [-0.2, 0) is 5.92 Å². The summed E-state index contributed by atoms with van der Waals surface area (Å²) >= 11 is 0. The summed E-state index contributed by atoms with van der Waals surface area (Å²) in [6.07, 6.45) is 3.58. The predicted molar refractivity (Wildman–Crippen MR) is 63.5 cm³/mol. The molecule has 0 aliphatic carbocycles. The summed E-state index contributed by atoms with van der Waals surface area (Å²) in [5.74, 6) is -2.87. The molecule has 3 rings (SSSR count). The fourth-order valence-corrected chi connectivity index (χ4v) is 2.42. The van der Waals surface area contributed by atoms with Gasteiger partial charge in [-0.1, -0.05) is 12.5 Å². The van der Waals surface area contributed by atoms with Crippen LogP contribution in [0.15, 0.2) is 29.0 Å². The van der Waals surface area contributed by atoms with E-state index in [1.165, 1.54) is 18.5 Å². The summed E-state index contributed by atoms with van der Waals surface area (Å²) in [4.78, 5) is 3.93. The second kappa shape index (κ2) is 4.31. The number of piperidine rings is 1. The molecule has 1 aromatic carbocycles. The molecule has 1 aliphatic heterocycles. The minimum absolute atomic E-state index is 0.00819. The number of alkyl halides is 2. The molecule has 0 bridgehead atoms. The van der Waals surface area contributed by atoms with Crippen LogP contribution in [0.1, 0.15) is 24.8 Å². The minimum atomic E-state index is -2.87. The van der Waals surface area contributed by atoms with Crippen LogP contribution >= 0.6 is 0 Å². The third-order valence-electron chi connectivity index (χ3n) is 3.46. The van der Waals surface area contributed by atoms with Gasteiger partial charge >= 0.3 is 0 Å². The third kappa shape index (κ3) is 1.88. The van der Waals surface area contributed by atoms with Crippen LogP contribution < -0.4 is 5.32 Å². The summed E-state index contributed by atoms with van der Waals surface area (Å²) in [5, 5.41) is 2.90. The second-order valence-electron chi connectivity index (χ2n) is 4.66. The van der Waals surface area contributed by atoms with Gasteiger partial charge in [0.05, 0.1) is 6.04 Å². The molecule has 1 aromatic heterocycles. The Balaban J connectivity index is 1.95. The average Bonchev–Trinajstić information content (AvgIpc) is 2.87. The van der Waals surface area contributed by atoms with E-state index in [2.05, 4.69) is 10.3 Å². The van der Waals surface area contributed by atoms with E-state index in [1.807, 2.05) is 0 Å². The van der Waals surface area contributed by atoms with Gasteiger partial charge in [-0.15, -0.1) is 0 Å². The maximum atomic E-state index is 14.4. The van der Waals surface area contributed by atoms with Crippen molar-refractivity contribution in [2.24, 2.45) is 0 Å². The van der Waals surface area contributed by atoms with Crippen molar-refractivity contribution in [3.05, 3.63) is 30.2 Å². The van der Waals surface area contributed by atoms with Gasteiger partial charge in [-0.3, -0.25) is 0 Å². The van der Waals surface area contributed by atoms with Crippen LogP contribution in [0.25, 0.3) is 11.1 Å². The molecule has 0 radical (unpaired) electrons. The number of halogens is 2. The molecular weight excluding hydrogens is 238 g/mol. The Hall–Kier alpha value is -1.49. The lowest BCUT2D eigenvalue weighted by molar-refractivity contribution is -0.0511. The maximum absolute atomic E-state index is 14.4. The molecule has 0 amide bonds. The molecule has 0 saturated carbocycles. The Labute approximate surface area is 103 Å². The molecule has 1 unspecified atom stereocenters. The van der Waals surface area contributed by atoms with Crippen molar-refractivity contribution >= 4 is 11.1 Å². The van der Waals surface area contributed by atoms with Crippen LogP contribution in [0.4, 0.5) is 8.78 Å². The first-order valence-corrected chi connectivity index (χ1v) is 6.13. The molecule has 3 nitrogen and oxygen atoms in total. The van der Waals surface area contributed by atoms with E-state index < -0.39 is 12.0 Å². The molecule has 0 spiro atoms. The van der Waals surface area contributed by atoms with Crippen molar-refractivity contribution in [3.63, 3.8) is 0 Å². The normalized spacial score (nSPS) is 21.3. The van der Waals surface area contributed by atoms with Gasteiger partial charge in [0.25, 0.3) is 5.92 Å². The smallest absolute Gasteiger partial charge is 0.288 e. The molecule has 1 N–H and O–H groups in total. The molecular formula is C13H14F2N2O. The lowest BCUT2D eigenvalue weighted by atomic mass is 9.94. The van der Waals surface area contributed by atoms with Crippen LogP contribution in [0.3, 0.4) is 0 Å². The quantitative estimate of drug-likeness (QED) is 0.892. The molecule has 2 heterocycles. The minimum Gasteiger partial charge on any atom is -0.443 e. The fourth-order valence-electron chi connectivity index (χ4n) is 2.42. The molecule has 5 heteroatoms. The van der Waals surface area contributed by atoms with E-state index in [1.54, 1.807) is 6.07 Å². The Morgan fingerprint density at radius 3 is 3.00 bits per heavy atom. The summed E-state index contributed by atoms with van der Waals surface area (Å²) in [7, 11) is 0. The number of aromatic nitrogens is 1. The zero-order valence-corrected chi connectivity index (χ0v) is 9.83. The Bertz CT molecular complexity index is 547. The Kier molecular flexibility index (Phi) is 2.78. The number of oxazole rings is 1. The van der Waals surface area contributed by atoms with Gasteiger partial charge in [0.2, 0.25) is 0 Å². The van der Waals surface area contributed by atoms with Gasteiger partial charge in [-0.2, -0.15) is 8.78 Å². The van der Waals surface area contributed by atoms with Crippen molar-refractivity contribution < 1.29 is 13.2 Å². The highest BCUT2D eigenvalue weighted by molar-refractivity contribution is 5.73. The zero-order valence-electron chi connectivity index (χ0n) is 9.83. The number of benzene rings is 1. The van der Waals surface area contributed by atoms with E-state index in [-0.39, 0.29) is 5.56 Å². The third-order valence-corrected chi connectivity index (χ3v) is 3.46.